The molecule has 3 N–H and O–H groups in total. The Kier molecular flexibility index (Phi) is 5.18. The van der Waals surface area contributed by atoms with E-state index in [1.807, 2.05) is 0 Å². The fraction of sp³-hybridized carbons (Fsp3) is 0.0667. The summed E-state index contributed by atoms with van der Waals surface area (Å²) >= 11 is 11.8. The van der Waals surface area contributed by atoms with Crippen molar-refractivity contribution in [1.29, 1.82) is 0 Å². The maximum atomic E-state index is 12.1. The van der Waals surface area contributed by atoms with Crippen molar-refractivity contribution in [3.8, 4) is 11.8 Å². The summed E-state index contributed by atoms with van der Waals surface area (Å²) in [5, 5.41) is 3.53. The van der Waals surface area contributed by atoms with E-state index in [2.05, 4.69) is 22.1 Å². The molecule has 21 heavy (non-hydrogen) atoms. The predicted octanol–water partition coefficient (Wildman–Crippen LogP) is 2.95. The second kappa shape index (κ2) is 7.09. The third-order valence-electron chi connectivity index (χ3n) is 2.51. The van der Waals surface area contributed by atoms with Gasteiger partial charge in [0.25, 0.3) is 5.91 Å². The van der Waals surface area contributed by atoms with Crippen LogP contribution >= 0.6 is 23.2 Å². The van der Waals surface area contributed by atoms with Gasteiger partial charge in [0, 0.05) is 16.8 Å². The Balaban J connectivity index is 2.13. The number of nitrogens with two attached hydrogens (primary N) is 1. The van der Waals surface area contributed by atoms with Gasteiger partial charge in [0.05, 0.1) is 17.3 Å². The third kappa shape index (κ3) is 4.20. The van der Waals surface area contributed by atoms with E-state index in [0.717, 1.165) is 0 Å². The van der Waals surface area contributed by atoms with Crippen LogP contribution in [0.25, 0.3) is 0 Å². The van der Waals surface area contributed by atoms with E-state index in [0.29, 0.717) is 21.3 Å². The molecule has 0 aliphatic heterocycles. The highest BCUT2D eigenvalue weighted by atomic mass is 35.5. The summed E-state index contributed by atoms with van der Waals surface area (Å²) in [6.45, 7) is 0.275. The quantitative estimate of drug-likeness (QED) is 0.836. The average Bonchev–Trinajstić information content (AvgIpc) is 2.48. The van der Waals surface area contributed by atoms with Gasteiger partial charge in [0.1, 0.15) is 5.69 Å². The Bertz CT molecular complexity index is 718. The smallest absolute Gasteiger partial charge is 0.274 e. The minimum absolute atomic E-state index is 0.263. The van der Waals surface area contributed by atoms with E-state index in [4.69, 9.17) is 28.9 Å². The number of rotatable bonds is 2. The molecule has 0 aliphatic rings. The standard InChI is InChI=1S/C15H11Cl2N3O/c16-11-4-6-13(12(17)8-11)20-15(21)14-5-3-10(9-19-14)2-1-7-18/h3-6,8-9H,7,18H2,(H,20,21). The lowest BCUT2D eigenvalue weighted by Crippen LogP contribution is -2.13. The second-order valence-electron chi connectivity index (χ2n) is 4.02. The highest BCUT2D eigenvalue weighted by molar-refractivity contribution is 6.36. The summed E-state index contributed by atoms with van der Waals surface area (Å²) in [6, 6.07) is 8.11. The number of aromatic nitrogens is 1. The van der Waals surface area contributed by atoms with Crippen molar-refractivity contribution < 1.29 is 4.79 Å². The van der Waals surface area contributed by atoms with E-state index < -0.39 is 0 Å². The molecule has 2 rings (SSSR count). The molecule has 2 aromatic rings. The number of carbonyl (C=O) groups is 1. The summed E-state index contributed by atoms with van der Waals surface area (Å²) in [4.78, 5) is 16.1. The molecule has 0 radical (unpaired) electrons. The summed E-state index contributed by atoms with van der Waals surface area (Å²) in [5.74, 6) is 5.18. The highest BCUT2D eigenvalue weighted by Crippen LogP contribution is 2.25. The number of hydrogen-bond acceptors (Lipinski definition) is 3. The fourth-order valence-corrected chi connectivity index (χ4v) is 1.99. The van der Waals surface area contributed by atoms with Gasteiger partial charge in [-0.1, -0.05) is 35.0 Å². The van der Waals surface area contributed by atoms with Gasteiger partial charge in [-0.3, -0.25) is 4.79 Å². The Morgan fingerprint density at radius 2 is 2.10 bits per heavy atom. The molecule has 1 heterocycles. The molecule has 1 amide bonds. The second-order valence-corrected chi connectivity index (χ2v) is 4.86. The van der Waals surface area contributed by atoms with Gasteiger partial charge in [0.2, 0.25) is 0 Å². The minimum atomic E-state index is -0.363. The molecule has 4 nitrogen and oxygen atoms in total. The number of hydrogen-bond donors (Lipinski definition) is 2. The van der Waals surface area contributed by atoms with Crippen LogP contribution in [0.5, 0.6) is 0 Å². The topological polar surface area (TPSA) is 68.0 Å². The molecule has 6 heteroatoms. The first-order valence-electron chi connectivity index (χ1n) is 6.01. The van der Waals surface area contributed by atoms with Crippen molar-refractivity contribution in [3.63, 3.8) is 0 Å². The first-order valence-corrected chi connectivity index (χ1v) is 6.77. The van der Waals surface area contributed by atoms with Gasteiger partial charge in [-0.05, 0) is 30.3 Å². The number of benzene rings is 1. The molecule has 0 aliphatic carbocycles. The highest BCUT2D eigenvalue weighted by Gasteiger charge is 2.09. The van der Waals surface area contributed by atoms with Crippen LogP contribution in [0.4, 0.5) is 5.69 Å². The van der Waals surface area contributed by atoms with Gasteiger partial charge in [0.15, 0.2) is 0 Å². The number of carbonyl (C=O) groups excluding carboxylic acids is 1. The van der Waals surface area contributed by atoms with Gasteiger partial charge >= 0.3 is 0 Å². The van der Waals surface area contributed by atoms with Crippen LogP contribution in [-0.2, 0) is 0 Å². The molecule has 0 bridgehead atoms. The van der Waals surface area contributed by atoms with Crippen LogP contribution in [-0.4, -0.2) is 17.4 Å². The lowest BCUT2D eigenvalue weighted by molar-refractivity contribution is 0.102. The Hall–Kier alpha value is -2.06. The van der Waals surface area contributed by atoms with Crippen molar-refractivity contribution >= 4 is 34.8 Å². The van der Waals surface area contributed by atoms with E-state index in [9.17, 15) is 4.79 Å². The number of nitrogens with zero attached hydrogens (tertiary/aromatic N) is 1. The summed E-state index contributed by atoms with van der Waals surface area (Å²) < 4.78 is 0. The van der Waals surface area contributed by atoms with Crippen molar-refractivity contribution in [1.82, 2.24) is 4.98 Å². The van der Waals surface area contributed by atoms with Crippen molar-refractivity contribution in [3.05, 3.63) is 57.8 Å². The van der Waals surface area contributed by atoms with Crippen LogP contribution in [0.1, 0.15) is 16.1 Å². The van der Waals surface area contributed by atoms with Gasteiger partial charge in [-0.15, -0.1) is 0 Å². The lowest BCUT2D eigenvalue weighted by atomic mass is 10.2. The number of halogens is 2. The molecular formula is C15H11Cl2N3O. The van der Waals surface area contributed by atoms with E-state index in [1.165, 1.54) is 6.20 Å². The molecule has 1 aromatic heterocycles. The molecule has 1 aromatic carbocycles. The zero-order valence-electron chi connectivity index (χ0n) is 10.9. The molecule has 0 unspecified atom stereocenters. The monoisotopic (exact) mass is 319 g/mol. The van der Waals surface area contributed by atoms with Crippen LogP contribution in [0.15, 0.2) is 36.5 Å². The Morgan fingerprint density at radius 3 is 2.71 bits per heavy atom. The zero-order chi connectivity index (χ0) is 15.2. The normalized spacial score (nSPS) is 9.67. The Labute approximate surface area is 132 Å². The van der Waals surface area contributed by atoms with Crippen molar-refractivity contribution in [2.45, 2.75) is 0 Å². The molecule has 0 saturated heterocycles. The third-order valence-corrected chi connectivity index (χ3v) is 3.06. The van der Waals surface area contributed by atoms with Gasteiger partial charge in [-0.25, -0.2) is 4.98 Å². The number of pyridine rings is 1. The Morgan fingerprint density at radius 1 is 1.29 bits per heavy atom. The van der Waals surface area contributed by atoms with Crippen molar-refractivity contribution in [2.75, 3.05) is 11.9 Å². The van der Waals surface area contributed by atoms with Crippen LogP contribution in [0.2, 0.25) is 10.0 Å². The van der Waals surface area contributed by atoms with Crippen LogP contribution < -0.4 is 11.1 Å². The molecule has 0 spiro atoms. The molecular weight excluding hydrogens is 309 g/mol. The number of nitrogens with one attached hydrogen (secondary N) is 1. The van der Waals surface area contributed by atoms with Crippen LogP contribution in [0, 0.1) is 11.8 Å². The summed E-state index contributed by atoms with van der Waals surface area (Å²) in [7, 11) is 0. The summed E-state index contributed by atoms with van der Waals surface area (Å²) in [5.41, 5.74) is 6.72. The minimum Gasteiger partial charge on any atom is -0.320 e. The predicted molar refractivity (Wildman–Crippen MR) is 84.6 cm³/mol. The summed E-state index contributed by atoms with van der Waals surface area (Å²) in [6.07, 6.45) is 1.51. The maximum absolute atomic E-state index is 12.1. The number of amides is 1. The van der Waals surface area contributed by atoms with Crippen molar-refractivity contribution in [2.24, 2.45) is 5.73 Å². The molecule has 0 atom stereocenters. The maximum Gasteiger partial charge on any atom is 0.274 e. The first kappa shape index (κ1) is 15.3. The van der Waals surface area contributed by atoms with E-state index in [1.54, 1.807) is 30.3 Å². The zero-order valence-corrected chi connectivity index (χ0v) is 12.4. The molecule has 106 valence electrons. The first-order chi connectivity index (χ1) is 10.1. The largest absolute Gasteiger partial charge is 0.320 e. The van der Waals surface area contributed by atoms with Crippen LogP contribution in [0.3, 0.4) is 0 Å². The SMILES string of the molecule is NCC#Cc1ccc(C(=O)Nc2ccc(Cl)cc2Cl)nc1. The van der Waals surface area contributed by atoms with E-state index in [-0.39, 0.29) is 18.1 Å². The average molecular weight is 320 g/mol. The number of anilines is 1. The van der Waals surface area contributed by atoms with E-state index >= 15 is 0 Å². The fourth-order valence-electron chi connectivity index (χ4n) is 1.53. The van der Waals surface area contributed by atoms with Gasteiger partial charge < -0.3 is 11.1 Å². The molecule has 0 fully saturated rings. The molecule has 0 saturated carbocycles. The lowest BCUT2D eigenvalue weighted by Gasteiger charge is -2.07. The van der Waals surface area contributed by atoms with Gasteiger partial charge in [-0.2, -0.15) is 0 Å².